The van der Waals surface area contributed by atoms with E-state index in [-0.39, 0.29) is 17.9 Å². The van der Waals surface area contributed by atoms with E-state index in [4.69, 9.17) is 16.7 Å². The van der Waals surface area contributed by atoms with Gasteiger partial charge in [-0.3, -0.25) is 4.79 Å². The molecular formula is C17H20ClNO2. The van der Waals surface area contributed by atoms with Crippen LogP contribution in [-0.2, 0) is 4.79 Å². The molecule has 1 aromatic rings. The van der Waals surface area contributed by atoms with Gasteiger partial charge in [-0.15, -0.1) is 0 Å². The van der Waals surface area contributed by atoms with Crippen molar-refractivity contribution in [3.05, 3.63) is 28.8 Å². The van der Waals surface area contributed by atoms with Crippen molar-refractivity contribution in [2.75, 3.05) is 11.9 Å². The molecule has 1 aliphatic rings. The lowest BCUT2D eigenvalue weighted by Gasteiger charge is -2.32. The second-order valence-corrected chi connectivity index (χ2v) is 6.16. The minimum Gasteiger partial charge on any atom is -0.384 e. The Morgan fingerprint density at radius 3 is 2.76 bits per heavy atom. The molecule has 1 saturated carbocycles. The van der Waals surface area contributed by atoms with Crippen LogP contribution in [0.3, 0.4) is 0 Å². The lowest BCUT2D eigenvalue weighted by atomic mass is 9.75. The van der Waals surface area contributed by atoms with Crippen LogP contribution in [0.25, 0.3) is 0 Å². The minimum atomic E-state index is -0.306. The number of carbonyl (C=O) groups excluding carboxylic acids is 1. The van der Waals surface area contributed by atoms with E-state index >= 15 is 0 Å². The lowest BCUT2D eigenvalue weighted by molar-refractivity contribution is -0.126. The quantitative estimate of drug-likeness (QED) is 0.820. The molecule has 0 radical (unpaired) electrons. The van der Waals surface area contributed by atoms with Gasteiger partial charge in [0.1, 0.15) is 6.61 Å². The van der Waals surface area contributed by atoms with E-state index in [1.807, 2.05) is 6.92 Å². The average Bonchev–Trinajstić information content (AvgIpc) is 2.48. The second kappa shape index (κ2) is 6.98. The third-order valence-corrected chi connectivity index (χ3v) is 4.27. The molecule has 0 aromatic heterocycles. The first-order valence-electron chi connectivity index (χ1n) is 7.26. The molecule has 0 spiro atoms. The second-order valence-electron chi connectivity index (χ2n) is 5.73. The summed E-state index contributed by atoms with van der Waals surface area (Å²) in [6.07, 6.45) is 5.24. The number of halogens is 1. The highest BCUT2D eigenvalue weighted by molar-refractivity contribution is 6.30. The molecule has 0 atom stereocenters. The van der Waals surface area contributed by atoms with Crippen LogP contribution < -0.4 is 5.32 Å². The maximum Gasteiger partial charge on any atom is 0.230 e. The molecule has 4 heteroatoms. The number of benzene rings is 1. The van der Waals surface area contributed by atoms with Crippen molar-refractivity contribution >= 4 is 23.2 Å². The first-order valence-corrected chi connectivity index (χ1v) is 7.64. The van der Waals surface area contributed by atoms with Gasteiger partial charge in [0.2, 0.25) is 5.91 Å². The van der Waals surface area contributed by atoms with E-state index in [0.717, 1.165) is 25.7 Å². The molecule has 1 fully saturated rings. The number of hydrogen-bond donors (Lipinski definition) is 2. The number of nitrogens with one attached hydrogen (secondary N) is 1. The van der Waals surface area contributed by atoms with E-state index in [1.165, 1.54) is 6.42 Å². The zero-order valence-corrected chi connectivity index (χ0v) is 13.0. The Bertz CT molecular complexity index is 580. The third kappa shape index (κ3) is 4.00. The van der Waals surface area contributed by atoms with Gasteiger partial charge >= 0.3 is 0 Å². The number of aliphatic hydroxyl groups excluding tert-OH is 1. The minimum absolute atomic E-state index is 0.0385. The third-order valence-electron chi connectivity index (χ3n) is 4.04. The molecule has 2 rings (SSSR count). The summed E-state index contributed by atoms with van der Waals surface area (Å²) in [5.41, 5.74) is 0.973. The van der Waals surface area contributed by atoms with Crippen LogP contribution in [0.4, 0.5) is 5.69 Å². The molecule has 112 valence electrons. The monoisotopic (exact) mass is 305 g/mol. The fourth-order valence-corrected chi connectivity index (χ4v) is 2.87. The Labute approximate surface area is 130 Å². The highest BCUT2D eigenvalue weighted by Crippen LogP contribution is 2.37. The number of carbonyl (C=O) groups is 1. The van der Waals surface area contributed by atoms with Gasteiger partial charge in [-0.05, 0) is 31.0 Å². The molecule has 0 saturated heterocycles. The van der Waals surface area contributed by atoms with E-state index in [0.29, 0.717) is 16.3 Å². The van der Waals surface area contributed by atoms with E-state index in [9.17, 15) is 4.79 Å². The van der Waals surface area contributed by atoms with Crippen LogP contribution in [0.2, 0.25) is 5.02 Å². The van der Waals surface area contributed by atoms with Crippen molar-refractivity contribution in [3.8, 4) is 11.8 Å². The fourth-order valence-electron chi connectivity index (χ4n) is 2.70. The Hall–Kier alpha value is -1.50. The average molecular weight is 306 g/mol. The van der Waals surface area contributed by atoms with E-state index < -0.39 is 0 Å². The van der Waals surface area contributed by atoms with Crippen LogP contribution in [0, 0.1) is 17.3 Å². The summed E-state index contributed by atoms with van der Waals surface area (Å²) < 4.78 is 0. The number of anilines is 1. The SMILES string of the molecule is CC1(C(=O)Nc2ccc(Cl)cc2C#CCO)CCCCC1. The van der Waals surface area contributed by atoms with Crippen LogP contribution in [-0.4, -0.2) is 17.6 Å². The molecule has 2 N–H and O–H groups in total. The Morgan fingerprint density at radius 2 is 2.10 bits per heavy atom. The zero-order valence-electron chi connectivity index (χ0n) is 12.2. The first-order chi connectivity index (χ1) is 10.0. The first kappa shape index (κ1) is 15.9. The molecular weight excluding hydrogens is 286 g/mol. The normalized spacial score (nSPS) is 16.7. The number of hydrogen-bond acceptors (Lipinski definition) is 2. The maximum atomic E-state index is 12.6. The van der Waals surface area contributed by atoms with Crippen LogP contribution in [0.15, 0.2) is 18.2 Å². The van der Waals surface area contributed by atoms with Crippen molar-refractivity contribution in [1.82, 2.24) is 0 Å². The summed E-state index contributed by atoms with van der Waals surface area (Å²) in [6, 6.07) is 5.18. The highest BCUT2D eigenvalue weighted by Gasteiger charge is 2.34. The molecule has 3 nitrogen and oxygen atoms in total. The standard InChI is InChI=1S/C17H20ClNO2/c1-17(9-3-2-4-10-17)16(21)19-15-8-7-14(18)12-13(15)6-5-11-20/h7-8,12,20H,2-4,9-11H2,1H3,(H,19,21). The number of amides is 1. The lowest BCUT2D eigenvalue weighted by Crippen LogP contribution is -2.35. The van der Waals surface area contributed by atoms with Crippen LogP contribution in [0.5, 0.6) is 0 Å². The van der Waals surface area contributed by atoms with Crippen LogP contribution >= 0.6 is 11.6 Å². The molecule has 0 aliphatic heterocycles. The number of rotatable bonds is 2. The maximum absolute atomic E-state index is 12.6. The summed E-state index contributed by atoms with van der Waals surface area (Å²) in [4.78, 5) is 12.6. The Morgan fingerprint density at radius 1 is 1.38 bits per heavy atom. The molecule has 0 bridgehead atoms. The highest BCUT2D eigenvalue weighted by atomic mass is 35.5. The van der Waals surface area contributed by atoms with Gasteiger partial charge in [-0.25, -0.2) is 0 Å². The summed E-state index contributed by atoms with van der Waals surface area (Å²) >= 11 is 5.97. The van der Waals surface area contributed by atoms with Gasteiger partial charge in [-0.1, -0.05) is 49.6 Å². The molecule has 0 unspecified atom stereocenters. The van der Waals surface area contributed by atoms with Crippen molar-refractivity contribution in [2.45, 2.75) is 39.0 Å². The van der Waals surface area contributed by atoms with Crippen molar-refractivity contribution in [3.63, 3.8) is 0 Å². The summed E-state index contributed by atoms with van der Waals surface area (Å²) in [7, 11) is 0. The topological polar surface area (TPSA) is 49.3 Å². The van der Waals surface area contributed by atoms with E-state index in [2.05, 4.69) is 17.2 Å². The Kier molecular flexibility index (Phi) is 5.27. The van der Waals surface area contributed by atoms with Crippen molar-refractivity contribution in [1.29, 1.82) is 0 Å². The van der Waals surface area contributed by atoms with Gasteiger partial charge in [0.25, 0.3) is 0 Å². The molecule has 21 heavy (non-hydrogen) atoms. The largest absolute Gasteiger partial charge is 0.384 e. The van der Waals surface area contributed by atoms with Crippen molar-refractivity contribution < 1.29 is 9.90 Å². The summed E-state index contributed by atoms with van der Waals surface area (Å²) in [6.45, 7) is 1.80. The smallest absolute Gasteiger partial charge is 0.230 e. The predicted molar refractivity (Wildman–Crippen MR) is 85.2 cm³/mol. The fraction of sp³-hybridized carbons (Fsp3) is 0.471. The predicted octanol–water partition coefficient (Wildman–Crippen LogP) is 3.59. The number of aliphatic hydroxyl groups is 1. The van der Waals surface area contributed by atoms with E-state index in [1.54, 1.807) is 18.2 Å². The van der Waals surface area contributed by atoms with Gasteiger partial charge in [0.15, 0.2) is 0 Å². The van der Waals surface area contributed by atoms with Crippen LogP contribution in [0.1, 0.15) is 44.6 Å². The van der Waals surface area contributed by atoms with Gasteiger partial charge in [0, 0.05) is 16.0 Å². The van der Waals surface area contributed by atoms with Crippen molar-refractivity contribution in [2.24, 2.45) is 5.41 Å². The molecule has 1 aliphatic carbocycles. The zero-order chi connectivity index (χ0) is 15.3. The van der Waals surface area contributed by atoms with Gasteiger partial charge < -0.3 is 10.4 Å². The molecule has 0 heterocycles. The molecule has 1 aromatic carbocycles. The Balaban J connectivity index is 2.20. The summed E-state index contributed by atoms with van der Waals surface area (Å²) in [5, 5.41) is 12.4. The summed E-state index contributed by atoms with van der Waals surface area (Å²) in [5.74, 6) is 5.45. The van der Waals surface area contributed by atoms with Gasteiger partial charge in [-0.2, -0.15) is 0 Å². The van der Waals surface area contributed by atoms with Gasteiger partial charge in [0.05, 0.1) is 5.69 Å². The molecule has 1 amide bonds.